The maximum absolute atomic E-state index is 10.2. The molecule has 0 aliphatic carbocycles. The summed E-state index contributed by atoms with van der Waals surface area (Å²) in [4.78, 5) is 8.96. The zero-order valence-electron chi connectivity index (χ0n) is 15.8. The summed E-state index contributed by atoms with van der Waals surface area (Å²) < 4.78 is 1.94. The third-order valence-corrected chi connectivity index (χ3v) is 4.94. The van der Waals surface area contributed by atoms with Gasteiger partial charge in [0.15, 0.2) is 0 Å². The summed E-state index contributed by atoms with van der Waals surface area (Å²) in [7, 11) is 1.86. The SMILES string of the molecule is CCC[C@@H](O)c1cc(C)c(-c2cc3cnc(NC)cc3c3ccnn23)cn1. The zero-order chi connectivity index (χ0) is 19.0. The van der Waals surface area contributed by atoms with E-state index in [1.807, 2.05) is 49.1 Å². The van der Waals surface area contributed by atoms with Gasteiger partial charge in [-0.2, -0.15) is 5.10 Å². The number of rotatable bonds is 5. The van der Waals surface area contributed by atoms with Crippen LogP contribution in [0.1, 0.15) is 37.1 Å². The van der Waals surface area contributed by atoms with Crippen molar-refractivity contribution < 1.29 is 5.11 Å². The Kier molecular flexibility index (Phi) is 4.49. The van der Waals surface area contributed by atoms with Crippen molar-refractivity contribution in [2.45, 2.75) is 32.8 Å². The van der Waals surface area contributed by atoms with Crippen molar-refractivity contribution in [2.24, 2.45) is 0 Å². The van der Waals surface area contributed by atoms with Gasteiger partial charge in [-0.1, -0.05) is 13.3 Å². The highest BCUT2D eigenvalue weighted by Gasteiger charge is 2.15. The van der Waals surface area contributed by atoms with E-state index in [4.69, 9.17) is 0 Å². The number of nitrogens with zero attached hydrogens (tertiary/aromatic N) is 4. The maximum Gasteiger partial charge on any atom is 0.126 e. The molecule has 6 heteroatoms. The van der Waals surface area contributed by atoms with Crippen LogP contribution in [0.5, 0.6) is 0 Å². The largest absolute Gasteiger partial charge is 0.387 e. The second kappa shape index (κ2) is 6.96. The molecule has 0 bridgehead atoms. The number of hydrogen-bond donors (Lipinski definition) is 2. The molecule has 0 unspecified atom stereocenters. The Labute approximate surface area is 157 Å². The van der Waals surface area contributed by atoms with Crippen molar-refractivity contribution in [2.75, 3.05) is 12.4 Å². The van der Waals surface area contributed by atoms with E-state index in [2.05, 4.69) is 33.4 Å². The molecule has 4 aromatic rings. The highest BCUT2D eigenvalue weighted by molar-refractivity contribution is 5.99. The molecule has 1 atom stereocenters. The molecule has 2 N–H and O–H groups in total. The minimum absolute atomic E-state index is 0.520. The summed E-state index contributed by atoms with van der Waals surface area (Å²) >= 11 is 0. The highest BCUT2D eigenvalue weighted by Crippen LogP contribution is 2.31. The lowest BCUT2D eigenvalue weighted by atomic mass is 10.0. The Balaban J connectivity index is 1.89. The fourth-order valence-electron chi connectivity index (χ4n) is 3.49. The molecule has 0 aromatic carbocycles. The van der Waals surface area contributed by atoms with Crippen molar-refractivity contribution >= 4 is 22.1 Å². The first kappa shape index (κ1) is 17.4. The first-order valence-corrected chi connectivity index (χ1v) is 9.21. The van der Waals surface area contributed by atoms with Crippen molar-refractivity contribution in [3.05, 3.63) is 54.1 Å². The average molecular weight is 361 g/mol. The third-order valence-electron chi connectivity index (χ3n) is 4.94. The number of aryl methyl sites for hydroxylation is 1. The van der Waals surface area contributed by atoms with E-state index in [1.165, 1.54) is 0 Å². The number of nitrogens with one attached hydrogen (secondary N) is 1. The predicted octanol–water partition coefficient (Wildman–Crippen LogP) is 4.13. The van der Waals surface area contributed by atoms with Gasteiger partial charge in [-0.25, -0.2) is 9.50 Å². The molecule has 0 aliphatic rings. The average Bonchev–Trinajstić information content (AvgIpc) is 3.17. The van der Waals surface area contributed by atoms with Gasteiger partial charge in [0.2, 0.25) is 0 Å². The van der Waals surface area contributed by atoms with E-state index < -0.39 is 6.10 Å². The topological polar surface area (TPSA) is 75.3 Å². The molecule has 0 fully saturated rings. The van der Waals surface area contributed by atoms with E-state index in [-0.39, 0.29) is 0 Å². The van der Waals surface area contributed by atoms with Gasteiger partial charge in [-0.3, -0.25) is 4.98 Å². The van der Waals surface area contributed by atoms with Gasteiger partial charge in [-0.05, 0) is 43.2 Å². The number of fused-ring (bicyclic) bond motifs is 3. The van der Waals surface area contributed by atoms with Gasteiger partial charge in [-0.15, -0.1) is 0 Å². The zero-order valence-corrected chi connectivity index (χ0v) is 15.8. The number of anilines is 1. The molecule has 0 amide bonds. The molecule has 0 spiro atoms. The molecule has 0 aliphatic heterocycles. The van der Waals surface area contributed by atoms with Crippen LogP contribution in [0, 0.1) is 6.92 Å². The number of aromatic nitrogens is 4. The summed E-state index contributed by atoms with van der Waals surface area (Å²) in [5, 5.41) is 20.0. The Hall–Kier alpha value is -2.99. The lowest BCUT2D eigenvalue weighted by Gasteiger charge is -2.14. The number of hydrogen-bond acceptors (Lipinski definition) is 5. The van der Waals surface area contributed by atoms with E-state index in [0.29, 0.717) is 6.42 Å². The van der Waals surface area contributed by atoms with Crippen molar-refractivity contribution in [3.8, 4) is 11.3 Å². The molecule has 4 heterocycles. The first-order chi connectivity index (χ1) is 13.1. The summed E-state index contributed by atoms with van der Waals surface area (Å²) in [5.41, 5.74) is 4.76. The molecular weight excluding hydrogens is 338 g/mol. The molecule has 0 radical (unpaired) electrons. The predicted molar refractivity (Wildman–Crippen MR) is 108 cm³/mol. The Morgan fingerprint density at radius 2 is 2.04 bits per heavy atom. The lowest BCUT2D eigenvalue weighted by molar-refractivity contribution is 0.161. The fourth-order valence-corrected chi connectivity index (χ4v) is 3.49. The van der Waals surface area contributed by atoms with Crippen molar-refractivity contribution in [3.63, 3.8) is 0 Å². The molecule has 138 valence electrons. The molecule has 4 rings (SSSR count). The van der Waals surface area contributed by atoms with Crippen LogP contribution in [0.15, 0.2) is 42.9 Å². The van der Waals surface area contributed by atoms with Gasteiger partial charge >= 0.3 is 0 Å². The lowest BCUT2D eigenvalue weighted by Crippen LogP contribution is -2.03. The van der Waals surface area contributed by atoms with Crippen LogP contribution in [0.2, 0.25) is 0 Å². The third kappa shape index (κ3) is 3.02. The molecule has 0 saturated carbocycles. The van der Waals surface area contributed by atoms with Gasteiger partial charge in [0.1, 0.15) is 5.82 Å². The summed E-state index contributed by atoms with van der Waals surface area (Å²) in [6, 6.07) is 8.10. The highest BCUT2D eigenvalue weighted by atomic mass is 16.3. The van der Waals surface area contributed by atoms with Gasteiger partial charge < -0.3 is 10.4 Å². The standard InChI is InChI=1S/C21H23N5O/c1-4-5-20(27)17-8-13(2)16(12-23-17)19-9-14-11-24-21(22-3)10-15(14)18-6-7-25-26(18)19/h6-12,20,27H,4-5H2,1-3H3,(H,22,24)/t20-/m1/s1. The minimum atomic E-state index is -0.520. The number of aliphatic hydroxyl groups excluding tert-OH is 1. The second-order valence-electron chi connectivity index (χ2n) is 6.79. The Morgan fingerprint density at radius 1 is 1.19 bits per heavy atom. The van der Waals surface area contributed by atoms with E-state index >= 15 is 0 Å². The molecule has 27 heavy (non-hydrogen) atoms. The van der Waals surface area contributed by atoms with Crippen LogP contribution < -0.4 is 5.32 Å². The molecule has 6 nitrogen and oxygen atoms in total. The number of pyridine rings is 3. The fraction of sp³-hybridized carbons (Fsp3) is 0.286. The van der Waals surface area contributed by atoms with Gasteiger partial charge in [0.05, 0.1) is 29.2 Å². The van der Waals surface area contributed by atoms with Crippen LogP contribution in [0.25, 0.3) is 27.5 Å². The molecular formula is C21H23N5O. The minimum Gasteiger partial charge on any atom is -0.387 e. The van der Waals surface area contributed by atoms with Gasteiger partial charge in [0.25, 0.3) is 0 Å². The second-order valence-corrected chi connectivity index (χ2v) is 6.79. The van der Waals surface area contributed by atoms with E-state index in [0.717, 1.165) is 51.0 Å². The smallest absolute Gasteiger partial charge is 0.126 e. The normalized spacial score (nSPS) is 12.6. The van der Waals surface area contributed by atoms with Crippen LogP contribution in [-0.4, -0.2) is 31.7 Å². The van der Waals surface area contributed by atoms with E-state index in [9.17, 15) is 5.11 Å². The van der Waals surface area contributed by atoms with Crippen LogP contribution in [0.4, 0.5) is 5.82 Å². The summed E-state index contributed by atoms with van der Waals surface area (Å²) in [6.07, 6.45) is 6.63. The van der Waals surface area contributed by atoms with Crippen molar-refractivity contribution in [1.82, 2.24) is 19.6 Å². The van der Waals surface area contributed by atoms with Crippen molar-refractivity contribution in [1.29, 1.82) is 0 Å². The van der Waals surface area contributed by atoms with E-state index in [1.54, 1.807) is 6.20 Å². The van der Waals surface area contributed by atoms with Gasteiger partial charge in [0, 0.05) is 35.8 Å². The molecule has 0 saturated heterocycles. The Morgan fingerprint density at radius 3 is 2.78 bits per heavy atom. The summed E-state index contributed by atoms with van der Waals surface area (Å²) in [6.45, 7) is 4.10. The first-order valence-electron chi connectivity index (χ1n) is 9.21. The number of aliphatic hydroxyl groups is 1. The van der Waals surface area contributed by atoms with Crippen LogP contribution in [0.3, 0.4) is 0 Å². The molecule has 4 aromatic heterocycles. The van der Waals surface area contributed by atoms with Crippen LogP contribution in [-0.2, 0) is 0 Å². The quantitative estimate of drug-likeness (QED) is 0.559. The maximum atomic E-state index is 10.2. The summed E-state index contributed by atoms with van der Waals surface area (Å²) in [5.74, 6) is 0.825. The Bertz CT molecular complexity index is 1120. The monoisotopic (exact) mass is 361 g/mol. The van der Waals surface area contributed by atoms with Crippen LogP contribution >= 0.6 is 0 Å².